The van der Waals surface area contributed by atoms with E-state index in [1.165, 1.54) is 12.1 Å². The van der Waals surface area contributed by atoms with E-state index in [9.17, 15) is 9.18 Å². The van der Waals surface area contributed by atoms with Crippen LogP contribution in [0.1, 0.15) is 25.3 Å². The molecule has 1 fully saturated rings. The van der Waals surface area contributed by atoms with E-state index < -0.39 is 0 Å². The van der Waals surface area contributed by atoms with Crippen LogP contribution in [0.4, 0.5) is 4.39 Å². The molecule has 0 aromatic heterocycles. The number of amides is 1. The topological polar surface area (TPSA) is 65.5 Å². The molecule has 0 bridgehead atoms. The van der Waals surface area contributed by atoms with Crippen LogP contribution in [0.3, 0.4) is 0 Å². The molecule has 1 aliphatic rings. The number of hydrogen-bond acceptors (Lipinski definition) is 2. The Hall–Kier alpha value is -2.11. The molecule has 1 amide bonds. The minimum Gasteiger partial charge on any atom is -0.357 e. The molecule has 5 nitrogen and oxygen atoms in total. The maximum atomic E-state index is 13.1. The van der Waals surface area contributed by atoms with E-state index in [0.29, 0.717) is 25.0 Å². The van der Waals surface area contributed by atoms with Crippen LogP contribution < -0.4 is 16.0 Å². The molecule has 6 heteroatoms. The molecular formula is C16H23FN4O. The molecule has 0 aliphatic heterocycles. The van der Waals surface area contributed by atoms with E-state index in [1.54, 1.807) is 6.07 Å². The van der Waals surface area contributed by atoms with Gasteiger partial charge in [-0.2, -0.15) is 0 Å². The molecule has 0 heterocycles. The molecular weight excluding hydrogens is 283 g/mol. The molecule has 0 atom stereocenters. The summed E-state index contributed by atoms with van der Waals surface area (Å²) in [6, 6.07) is 6.89. The maximum Gasteiger partial charge on any atom is 0.242 e. The van der Waals surface area contributed by atoms with Crippen molar-refractivity contribution in [2.24, 2.45) is 4.99 Å². The van der Waals surface area contributed by atoms with Crippen LogP contribution in [0.2, 0.25) is 0 Å². The fourth-order valence-corrected chi connectivity index (χ4v) is 2.01. The van der Waals surface area contributed by atoms with Gasteiger partial charge in [-0.3, -0.25) is 4.79 Å². The van der Waals surface area contributed by atoms with Crippen molar-refractivity contribution in [3.8, 4) is 0 Å². The highest BCUT2D eigenvalue weighted by molar-refractivity contribution is 5.85. The van der Waals surface area contributed by atoms with Crippen LogP contribution in [0, 0.1) is 5.82 Å². The third kappa shape index (κ3) is 6.11. The van der Waals surface area contributed by atoms with Crippen LogP contribution >= 0.6 is 0 Å². The fraction of sp³-hybridized carbons (Fsp3) is 0.500. The number of carbonyl (C=O) groups excluding carboxylic acids is 1. The zero-order chi connectivity index (χ0) is 15.8. The van der Waals surface area contributed by atoms with Crippen LogP contribution in [0.5, 0.6) is 0 Å². The highest BCUT2D eigenvalue weighted by atomic mass is 19.1. The fourth-order valence-electron chi connectivity index (χ4n) is 2.01. The Kier molecular flexibility index (Phi) is 6.18. The van der Waals surface area contributed by atoms with Crippen molar-refractivity contribution in [2.75, 3.05) is 19.6 Å². The summed E-state index contributed by atoms with van der Waals surface area (Å²) in [5.74, 6) is 0.324. The zero-order valence-corrected chi connectivity index (χ0v) is 12.9. The van der Waals surface area contributed by atoms with Crippen LogP contribution in [-0.4, -0.2) is 37.5 Å². The average molecular weight is 306 g/mol. The minimum absolute atomic E-state index is 0.0511. The Morgan fingerprint density at radius 2 is 2.18 bits per heavy atom. The van der Waals surface area contributed by atoms with Gasteiger partial charge in [0.15, 0.2) is 5.96 Å². The first-order valence-electron chi connectivity index (χ1n) is 7.73. The van der Waals surface area contributed by atoms with Crippen molar-refractivity contribution in [1.82, 2.24) is 16.0 Å². The molecule has 0 saturated heterocycles. The van der Waals surface area contributed by atoms with Crippen molar-refractivity contribution in [3.63, 3.8) is 0 Å². The molecule has 3 N–H and O–H groups in total. The first-order chi connectivity index (χ1) is 10.7. The van der Waals surface area contributed by atoms with Gasteiger partial charge in [-0.25, -0.2) is 9.38 Å². The number of aliphatic imine (C=N–C) groups is 1. The van der Waals surface area contributed by atoms with Crippen molar-refractivity contribution < 1.29 is 9.18 Å². The Balaban J connectivity index is 1.76. The van der Waals surface area contributed by atoms with Gasteiger partial charge < -0.3 is 16.0 Å². The second-order valence-corrected chi connectivity index (χ2v) is 5.34. The summed E-state index contributed by atoms with van der Waals surface area (Å²) in [6.45, 7) is 3.43. The van der Waals surface area contributed by atoms with Crippen LogP contribution in [0.15, 0.2) is 29.3 Å². The van der Waals surface area contributed by atoms with Crippen LogP contribution in [-0.2, 0) is 11.2 Å². The summed E-state index contributed by atoms with van der Waals surface area (Å²) in [7, 11) is 0. The lowest BCUT2D eigenvalue weighted by atomic mass is 10.1. The van der Waals surface area contributed by atoms with Gasteiger partial charge in [0.05, 0.1) is 0 Å². The number of benzene rings is 1. The molecule has 1 saturated carbocycles. The first-order valence-corrected chi connectivity index (χ1v) is 7.73. The van der Waals surface area contributed by atoms with Gasteiger partial charge in [0.25, 0.3) is 0 Å². The quantitative estimate of drug-likeness (QED) is 0.524. The number of halogens is 1. The molecule has 1 aromatic carbocycles. The standard InChI is InChI=1S/C16H23FN4O/c1-2-18-16(20-11-15(22)21-14-6-7-14)19-9-8-12-4-3-5-13(17)10-12/h3-5,10,14H,2,6-9,11H2,1H3,(H,21,22)(H2,18,19,20). The summed E-state index contributed by atoms with van der Waals surface area (Å²) in [6.07, 6.45) is 2.83. The number of nitrogens with one attached hydrogen (secondary N) is 3. The van der Waals surface area contributed by atoms with E-state index in [4.69, 9.17) is 0 Å². The lowest BCUT2D eigenvalue weighted by molar-refractivity contribution is -0.119. The normalized spacial score (nSPS) is 14.5. The van der Waals surface area contributed by atoms with E-state index in [-0.39, 0.29) is 18.3 Å². The van der Waals surface area contributed by atoms with Crippen molar-refractivity contribution in [1.29, 1.82) is 0 Å². The largest absolute Gasteiger partial charge is 0.357 e. The van der Waals surface area contributed by atoms with Crippen LogP contribution in [0.25, 0.3) is 0 Å². The Labute approximate surface area is 130 Å². The molecule has 2 rings (SSSR count). The minimum atomic E-state index is -0.227. The molecule has 0 unspecified atom stereocenters. The summed E-state index contributed by atoms with van der Waals surface area (Å²) in [5.41, 5.74) is 0.926. The van der Waals surface area contributed by atoms with Crippen molar-refractivity contribution in [2.45, 2.75) is 32.2 Å². The summed E-state index contributed by atoms with van der Waals surface area (Å²) >= 11 is 0. The Morgan fingerprint density at radius 1 is 1.36 bits per heavy atom. The Bertz CT molecular complexity index is 529. The monoisotopic (exact) mass is 306 g/mol. The molecule has 0 radical (unpaired) electrons. The maximum absolute atomic E-state index is 13.1. The SMILES string of the molecule is CCNC(=NCC(=O)NC1CC1)NCCc1cccc(F)c1. The number of rotatable bonds is 7. The average Bonchev–Trinajstić information content (AvgIpc) is 3.29. The van der Waals surface area contributed by atoms with E-state index in [2.05, 4.69) is 20.9 Å². The van der Waals surface area contributed by atoms with Gasteiger partial charge in [-0.15, -0.1) is 0 Å². The first kappa shape index (κ1) is 16.3. The summed E-state index contributed by atoms with van der Waals surface area (Å²) in [4.78, 5) is 15.9. The lowest BCUT2D eigenvalue weighted by Crippen LogP contribution is -2.39. The van der Waals surface area contributed by atoms with Gasteiger partial charge >= 0.3 is 0 Å². The van der Waals surface area contributed by atoms with E-state index in [1.807, 2.05) is 13.0 Å². The van der Waals surface area contributed by atoms with Crippen molar-refractivity contribution in [3.05, 3.63) is 35.6 Å². The Morgan fingerprint density at radius 3 is 2.86 bits per heavy atom. The van der Waals surface area contributed by atoms with Gasteiger partial charge in [0.1, 0.15) is 12.4 Å². The van der Waals surface area contributed by atoms with E-state index in [0.717, 1.165) is 24.9 Å². The van der Waals surface area contributed by atoms with Crippen molar-refractivity contribution >= 4 is 11.9 Å². The predicted molar refractivity (Wildman–Crippen MR) is 85.3 cm³/mol. The molecule has 120 valence electrons. The van der Waals surface area contributed by atoms with E-state index >= 15 is 0 Å². The number of guanidine groups is 1. The third-order valence-electron chi connectivity index (χ3n) is 3.26. The molecule has 22 heavy (non-hydrogen) atoms. The highest BCUT2D eigenvalue weighted by Crippen LogP contribution is 2.18. The number of nitrogens with zero attached hydrogens (tertiary/aromatic N) is 1. The lowest BCUT2D eigenvalue weighted by Gasteiger charge is -2.11. The number of carbonyl (C=O) groups is 1. The summed E-state index contributed by atoms with van der Waals surface area (Å²) in [5, 5.41) is 9.14. The summed E-state index contributed by atoms with van der Waals surface area (Å²) < 4.78 is 13.1. The smallest absolute Gasteiger partial charge is 0.242 e. The second kappa shape index (κ2) is 8.36. The zero-order valence-electron chi connectivity index (χ0n) is 12.9. The number of hydrogen-bond donors (Lipinski definition) is 3. The van der Waals surface area contributed by atoms with Gasteiger partial charge in [0, 0.05) is 19.1 Å². The molecule has 1 aliphatic carbocycles. The molecule has 1 aromatic rings. The predicted octanol–water partition coefficient (Wildman–Crippen LogP) is 1.20. The highest BCUT2D eigenvalue weighted by Gasteiger charge is 2.22. The van der Waals surface area contributed by atoms with Gasteiger partial charge in [-0.05, 0) is 43.9 Å². The third-order valence-corrected chi connectivity index (χ3v) is 3.26. The van der Waals surface area contributed by atoms with Gasteiger partial charge in [0.2, 0.25) is 5.91 Å². The molecule has 0 spiro atoms. The second-order valence-electron chi connectivity index (χ2n) is 5.34. The van der Waals surface area contributed by atoms with Gasteiger partial charge in [-0.1, -0.05) is 12.1 Å².